The number of carbonyl (C=O) groups is 1. The molecule has 1 amide bonds. The third kappa shape index (κ3) is 3.08. The van der Waals surface area contributed by atoms with E-state index in [1.807, 2.05) is 17.8 Å². The number of hydrogen-bond donors (Lipinski definition) is 1. The summed E-state index contributed by atoms with van der Waals surface area (Å²) in [6.07, 6.45) is 0. The van der Waals surface area contributed by atoms with E-state index >= 15 is 0 Å². The Morgan fingerprint density at radius 2 is 2.39 bits per heavy atom. The Morgan fingerprint density at radius 1 is 1.61 bits per heavy atom. The number of benzene rings is 1. The van der Waals surface area contributed by atoms with Gasteiger partial charge in [-0.1, -0.05) is 22.9 Å². The van der Waals surface area contributed by atoms with E-state index in [2.05, 4.69) is 40.3 Å². The summed E-state index contributed by atoms with van der Waals surface area (Å²) in [5.74, 6) is 1.37. The number of carbonyl (C=O) groups excluding carboxylic acids is 1. The molecule has 1 heterocycles. The predicted molar refractivity (Wildman–Crippen MR) is 76.8 cm³/mol. The van der Waals surface area contributed by atoms with E-state index in [0.717, 1.165) is 10.2 Å². The molecule has 1 aliphatic heterocycles. The molecule has 0 aliphatic carbocycles. The Kier molecular flexibility index (Phi) is 4.70. The van der Waals surface area contributed by atoms with Crippen LogP contribution in [0.1, 0.15) is 18.5 Å². The van der Waals surface area contributed by atoms with E-state index in [9.17, 15) is 4.79 Å². The van der Waals surface area contributed by atoms with Gasteiger partial charge in [0.2, 0.25) is 5.91 Å². The van der Waals surface area contributed by atoms with Crippen molar-refractivity contribution < 1.29 is 9.53 Å². The molecule has 0 fully saturated rings. The highest BCUT2D eigenvalue weighted by atomic mass is 79.9. The maximum Gasteiger partial charge on any atom is 0.246 e. The van der Waals surface area contributed by atoms with Crippen LogP contribution in [0.5, 0.6) is 0 Å². The minimum atomic E-state index is -0.0628. The molecule has 0 spiro atoms. The van der Waals surface area contributed by atoms with Crippen LogP contribution in [0.4, 0.5) is 0 Å². The molecule has 0 aromatic heterocycles. The fourth-order valence-electron chi connectivity index (χ4n) is 2.08. The fourth-order valence-corrected chi connectivity index (χ4v) is 3.61. The van der Waals surface area contributed by atoms with Crippen molar-refractivity contribution in [3.8, 4) is 0 Å². The second-order valence-corrected chi connectivity index (χ2v) is 6.43. The molecule has 3 nitrogen and oxygen atoms in total. The average Bonchev–Trinajstić information content (AvgIpc) is 2.33. The number of methoxy groups -OCH3 is 1. The van der Waals surface area contributed by atoms with Gasteiger partial charge in [0.05, 0.1) is 6.04 Å². The van der Waals surface area contributed by atoms with Crippen LogP contribution in [0.2, 0.25) is 0 Å². The van der Waals surface area contributed by atoms with E-state index in [0.29, 0.717) is 5.92 Å². The lowest BCUT2D eigenvalue weighted by atomic mass is 9.95. The molecule has 2 unspecified atom stereocenters. The third-order valence-corrected chi connectivity index (χ3v) is 4.84. The average molecular weight is 330 g/mol. The first-order chi connectivity index (χ1) is 8.61. The molecule has 0 bridgehead atoms. The van der Waals surface area contributed by atoms with Crippen LogP contribution in [0, 0.1) is 5.92 Å². The number of rotatable bonds is 3. The highest BCUT2D eigenvalue weighted by Crippen LogP contribution is 2.40. The van der Waals surface area contributed by atoms with Crippen molar-refractivity contribution in [2.24, 2.45) is 5.92 Å². The van der Waals surface area contributed by atoms with Gasteiger partial charge >= 0.3 is 0 Å². The summed E-state index contributed by atoms with van der Waals surface area (Å²) >= 11 is 5.33. The second kappa shape index (κ2) is 6.08. The van der Waals surface area contributed by atoms with Crippen LogP contribution in [-0.2, 0) is 9.53 Å². The molecule has 18 heavy (non-hydrogen) atoms. The molecule has 0 saturated heterocycles. The molecule has 2 rings (SSSR count). The SMILES string of the molecule is COCC(=O)NC1c2cc(Br)ccc2SCC1C. The van der Waals surface area contributed by atoms with Crippen molar-refractivity contribution >= 4 is 33.6 Å². The van der Waals surface area contributed by atoms with Gasteiger partial charge in [-0.3, -0.25) is 4.79 Å². The lowest BCUT2D eigenvalue weighted by Crippen LogP contribution is -2.37. The van der Waals surface area contributed by atoms with E-state index in [4.69, 9.17) is 4.74 Å². The summed E-state index contributed by atoms with van der Waals surface area (Å²) in [4.78, 5) is 12.9. The highest BCUT2D eigenvalue weighted by molar-refractivity contribution is 9.10. The number of hydrogen-bond acceptors (Lipinski definition) is 3. The number of fused-ring (bicyclic) bond motifs is 1. The van der Waals surface area contributed by atoms with Crippen molar-refractivity contribution in [2.45, 2.75) is 17.9 Å². The standard InChI is InChI=1S/C13H16BrNO2S/c1-8-7-18-11-4-3-9(14)5-10(11)13(8)15-12(16)6-17-2/h3-5,8,13H,6-7H2,1-2H3,(H,15,16). The van der Waals surface area contributed by atoms with Crippen LogP contribution in [0.25, 0.3) is 0 Å². The molecular weight excluding hydrogens is 314 g/mol. The van der Waals surface area contributed by atoms with Crippen LogP contribution >= 0.6 is 27.7 Å². The van der Waals surface area contributed by atoms with Gasteiger partial charge in [-0.25, -0.2) is 0 Å². The molecule has 0 saturated carbocycles. The van der Waals surface area contributed by atoms with Gasteiger partial charge < -0.3 is 10.1 Å². The van der Waals surface area contributed by atoms with Gasteiger partial charge in [0.1, 0.15) is 6.61 Å². The second-order valence-electron chi connectivity index (χ2n) is 4.45. The number of ether oxygens (including phenoxy) is 1. The van der Waals surface area contributed by atoms with Gasteiger partial charge in [0.25, 0.3) is 0 Å². The zero-order valence-corrected chi connectivity index (χ0v) is 12.8. The van der Waals surface area contributed by atoms with Crippen LogP contribution in [-0.4, -0.2) is 25.4 Å². The topological polar surface area (TPSA) is 38.3 Å². The monoisotopic (exact) mass is 329 g/mol. The Hall–Kier alpha value is -0.520. The predicted octanol–water partition coefficient (Wildman–Crippen LogP) is 2.99. The first-order valence-corrected chi connectivity index (χ1v) is 7.60. The lowest BCUT2D eigenvalue weighted by molar-refractivity contribution is -0.125. The van der Waals surface area contributed by atoms with Crippen molar-refractivity contribution in [3.63, 3.8) is 0 Å². The number of halogens is 1. The molecule has 1 aromatic rings. The Balaban J connectivity index is 2.24. The van der Waals surface area contributed by atoms with Crippen LogP contribution in [0.15, 0.2) is 27.6 Å². The maximum atomic E-state index is 11.7. The fraction of sp³-hybridized carbons (Fsp3) is 0.462. The zero-order chi connectivity index (χ0) is 13.1. The number of thioether (sulfide) groups is 1. The molecular formula is C13H16BrNO2S. The lowest BCUT2D eigenvalue weighted by Gasteiger charge is -2.31. The van der Waals surface area contributed by atoms with Gasteiger partial charge in [0, 0.05) is 22.2 Å². The summed E-state index contributed by atoms with van der Waals surface area (Å²) in [6.45, 7) is 2.27. The third-order valence-electron chi connectivity index (χ3n) is 2.97. The highest BCUT2D eigenvalue weighted by Gasteiger charge is 2.28. The van der Waals surface area contributed by atoms with Crippen molar-refractivity contribution in [3.05, 3.63) is 28.2 Å². The summed E-state index contributed by atoms with van der Waals surface area (Å²) in [6, 6.07) is 6.30. The summed E-state index contributed by atoms with van der Waals surface area (Å²) in [7, 11) is 1.53. The van der Waals surface area contributed by atoms with Gasteiger partial charge in [0.15, 0.2) is 0 Å². The van der Waals surface area contributed by atoms with Gasteiger partial charge in [-0.05, 0) is 29.7 Å². The normalized spacial score (nSPS) is 22.4. The summed E-state index contributed by atoms with van der Waals surface area (Å²) in [5, 5.41) is 3.05. The van der Waals surface area contributed by atoms with E-state index in [1.165, 1.54) is 17.6 Å². The quantitative estimate of drug-likeness (QED) is 0.926. The van der Waals surface area contributed by atoms with E-state index in [1.54, 1.807) is 0 Å². The van der Waals surface area contributed by atoms with Crippen molar-refractivity contribution in [1.29, 1.82) is 0 Å². The first kappa shape index (κ1) is 13.9. The van der Waals surface area contributed by atoms with Crippen molar-refractivity contribution in [1.82, 2.24) is 5.32 Å². The number of nitrogens with one attached hydrogen (secondary N) is 1. The first-order valence-electron chi connectivity index (χ1n) is 5.82. The molecule has 98 valence electrons. The van der Waals surface area contributed by atoms with Crippen LogP contribution < -0.4 is 5.32 Å². The molecule has 5 heteroatoms. The minimum absolute atomic E-state index is 0.0628. The Labute approximate surface area is 120 Å². The summed E-state index contributed by atoms with van der Waals surface area (Å²) < 4.78 is 5.91. The molecule has 1 aliphatic rings. The van der Waals surface area contributed by atoms with Crippen LogP contribution in [0.3, 0.4) is 0 Å². The van der Waals surface area contributed by atoms with E-state index < -0.39 is 0 Å². The molecule has 2 atom stereocenters. The van der Waals surface area contributed by atoms with Gasteiger partial charge in [-0.2, -0.15) is 0 Å². The van der Waals surface area contributed by atoms with E-state index in [-0.39, 0.29) is 18.6 Å². The van der Waals surface area contributed by atoms with Gasteiger partial charge in [-0.15, -0.1) is 11.8 Å². The largest absolute Gasteiger partial charge is 0.375 e. The number of amides is 1. The molecule has 1 aromatic carbocycles. The van der Waals surface area contributed by atoms with Crippen molar-refractivity contribution in [2.75, 3.05) is 19.5 Å². The Bertz CT molecular complexity index is 453. The maximum absolute atomic E-state index is 11.7. The molecule has 0 radical (unpaired) electrons. The minimum Gasteiger partial charge on any atom is -0.375 e. The molecule has 1 N–H and O–H groups in total. The Morgan fingerprint density at radius 3 is 3.11 bits per heavy atom. The summed E-state index contributed by atoms with van der Waals surface area (Å²) in [5.41, 5.74) is 1.19. The smallest absolute Gasteiger partial charge is 0.246 e. The zero-order valence-electron chi connectivity index (χ0n) is 10.4.